The van der Waals surface area contributed by atoms with Crippen LogP contribution in [0.1, 0.15) is 31.2 Å². The lowest BCUT2D eigenvalue weighted by atomic mass is 9.91. The fourth-order valence-corrected chi connectivity index (χ4v) is 4.01. The number of nitriles is 2. The second-order valence-electron chi connectivity index (χ2n) is 5.00. The maximum atomic E-state index is 12.1. The molecule has 1 heterocycles. The Hall–Kier alpha value is -2.12. The van der Waals surface area contributed by atoms with E-state index >= 15 is 0 Å². The maximum Gasteiger partial charge on any atom is 0.235 e. The molecule has 0 saturated heterocycles. The molecule has 1 aliphatic rings. The van der Waals surface area contributed by atoms with Crippen LogP contribution in [0.4, 0.5) is 5.82 Å². The predicted octanol–water partition coefficient (Wildman–Crippen LogP) is 1.78. The number of nitrogens with zero attached hydrogens (tertiary/aromatic N) is 3. The van der Waals surface area contributed by atoms with Crippen LogP contribution in [-0.4, -0.2) is 19.2 Å². The zero-order valence-electron chi connectivity index (χ0n) is 10.8. The molecule has 104 valence electrons. The van der Waals surface area contributed by atoms with Crippen molar-refractivity contribution in [1.82, 2.24) is 4.98 Å². The molecule has 1 aliphatic carbocycles. The normalized spacial score (nSPS) is 17.1. The number of sulfonamides is 1. The van der Waals surface area contributed by atoms with E-state index in [0.717, 1.165) is 12.8 Å². The smallest absolute Gasteiger partial charge is 0.235 e. The Labute approximate surface area is 118 Å². The third-order valence-electron chi connectivity index (χ3n) is 3.42. The van der Waals surface area contributed by atoms with E-state index in [-0.39, 0.29) is 11.6 Å². The number of pyridine rings is 1. The first-order chi connectivity index (χ1) is 9.49. The van der Waals surface area contributed by atoms with E-state index in [1.165, 1.54) is 18.3 Å². The summed E-state index contributed by atoms with van der Waals surface area (Å²) in [6, 6.07) is 6.98. The highest BCUT2D eigenvalue weighted by molar-refractivity contribution is 7.92. The number of anilines is 1. The lowest BCUT2D eigenvalue weighted by molar-refractivity contribution is 0.456. The number of hydrogen-bond acceptors (Lipinski definition) is 5. The Balaban J connectivity index is 2.11. The summed E-state index contributed by atoms with van der Waals surface area (Å²) >= 11 is 0. The molecule has 1 saturated carbocycles. The lowest BCUT2D eigenvalue weighted by Crippen LogP contribution is -2.30. The molecule has 2 rings (SSSR count). The summed E-state index contributed by atoms with van der Waals surface area (Å²) in [7, 11) is -3.63. The highest BCUT2D eigenvalue weighted by atomic mass is 32.2. The van der Waals surface area contributed by atoms with Crippen molar-refractivity contribution in [1.29, 1.82) is 10.5 Å². The Morgan fingerprint density at radius 2 is 2.00 bits per heavy atom. The first-order valence-corrected chi connectivity index (χ1v) is 7.92. The van der Waals surface area contributed by atoms with Crippen molar-refractivity contribution in [2.45, 2.75) is 25.7 Å². The van der Waals surface area contributed by atoms with Gasteiger partial charge in [0.25, 0.3) is 0 Å². The molecule has 7 heteroatoms. The predicted molar refractivity (Wildman–Crippen MR) is 72.9 cm³/mol. The molecule has 0 bridgehead atoms. The summed E-state index contributed by atoms with van der Waals surface area (Å²) in [5, 5.41) is 17.9. The molecule has 0 spiro atoms. The first-order valence-electron chi connectivity index (χ1n) is 6.27. The second-order valence-corrected chi connectivity index (χ2v) is 6.73. The molecule has 0 radical (unpaired) electrons. The standard InChI is InChI=1S/C13H14N4O2S/c14-7-11-3-4-12(16-8-11)17-20(18,19)10-13(9-15)5-1-2-6-13/h3-4,8H,1-2,5-6,10H2,(H,16,17). The highest BCUT2D eigenvalue weighted by Gasteiger charge is 2.38. The Morgan fingerprint density at radius 1 is 1.30 bits per heavy atom. The number of hydrogen-bond donors (Lipinski definition) is 1. The van der Waals surface area contributed by atoms with Gasteiger partial charge in [0.15, 0.2) is 0 Å². The van der Waals surface area contributed by atoms with Crippen LogP contribution in [0.25, 0.3) is 0 Å². The van der Waals surface area contributed by atoms with Crippen LogP contribution in [0, 0.1) is 28.1 Å². The van der Waals surface area contributed by atoms with Gasteiger partial charge in [0.05, 0.1) is 22.8 Å². The van der Waals surface area contributed by atoms with Crippen molar-refractivity contribution in [3.8, 4) is 12.1 Å². The minimum atomic E-state index is -3.63. The molecule has 20 heavy (non-hydrogen) atoms. The average Bonchev–Trinajstić information content (AvgIpc) is 2.87. The van der Waals surface area contributed by atoms with Gasteiger partial charge < -0.3 is 0 Å². The van der Waals surface area contributed by atoms with E-state index in [9.17, 15) is 13.7 Å². The van der Waals surface area contributed by atoms with Crippen LogP contribution >= 0.6 is 0 Å². The van der Waals surface area contributed by atoms with Gasteiger partial charge in [-0.25, -0.2) is 13.4 Å². The fraction of sp³-hybridized carbons (Fsp3) is 0.462. The van der Waals surface area contributed by atoms with E-state index in [1.807, 2.05) is 6.07 Å². The van der Waals surface area contributed by atoms with Gasteiger partial charge in [-0.05, 0) is 25.0 Å². The summed E-state index contributed by atoms with van der Waals surface area (Å²) < 4.78 is 26.6. The van der Waals surface area contributed by atoms with E-state index in [1.54, 1.807) is 0 Å². The molecule has 1 fully saturated rings. The van der Waals surface area contributed by atoms with Crippen molar-refractivity contribution in [3.63, 3.8) is 0 Å². The minimum absolute atomic E-state index is 0.162. The quantitative estimate of drug-likeness (QED) is 0.909. The molecule has 1 aromatic heterocycles. The fourth-order valence-electron chi connectivity index (χ4n) is 2.42. The average molecular weight is 290 g/mol. The topological polar surface area (TPSA) is 107 Å². The molecule has 6 nitrogen and oxygen atoms in total. The molecule has 1 aromatic rings. The van der Waals surface area contributed by atoms with Crippen LogP contribution in [0.5, 0.6) is 0 Å². The zero-order chi connectivity index (χ0) is 14.6. The third kappa shape index (κ3) is 3.25. The highest BCUT2D eigenvalue weighted by Crippen LogP contribution is 2.38. The van der Waals surface area contributed by atoms with Crippen LogP contribution in [0.2, 0.25) is 0 Å². The monoisotopic (exact) mass is 290 g/mol. The lowest BCUT2D eigenvalue weighted by Gasteiger charge is -2.20. The largest absolute Gasteiger partial charge is 0.267 e. The molecule has 0 unspecified atom stereocenters. The molecule has 0 aromatic carbocycles. The van der Waals surface area contributed by atoms with Gasteiger partial charge >= 0.3 is 0 Å². The Kier molecular flexibility index (Phi) is 3.91. The molecule has 0 aliphatic heterocycles. The van der Waals surface area contributed by atoms with Crippen LogP contribution < -0.4 is 4.72 Å². The summed E-state index contributed by atoms with van der Waals surface area (Å²) in [4.78, 5) is 3.86. The Morgan fingerprint density at radius 3 is 2.50 bits per heavy atom. The third-order valence-corrected chi connectivity index (χ3v) is 4.87. The van der Waals surface area contributed by atoms with Gasteiger partial charge in [-0.1, -0.05) is 12.8 Å². The van der Waals surface area contributed by atoms with E-state index in [4.69, 9.17) is 5.26 Å². The van der Waals surface area contributed by atoms with Crippen molar-refractivity contribution in [2.75, 3.05) is 10.5 Å². The number of rotatable bonds is 4. The van der Waals surface area contributed by atoms with Crippen LogP contribution in [-0.2, 0) is 10.0 Å². The van der Waals surface area contributed by atoms with Crippen LogP contribution in [0.3, 0.4) is 0 Å². The Bertz CT molecular complexity index is 662. The number of aromatic nitrogens is 1. The van der Waals surface area contributed by atoms with Gasteiger partial charge in [-0.15, -0.1) is 0 Å². The van der Waals surface area contributed by atoms with Gasteiger partial charge in [0, 0.05) is 6.20 Å². The molecular formula is C13H14N4O2S. The maximum absolute atomic E-state index is 12.1. The molecule has 0 amide bonds. The summed E-state index contributed by atoms with van der Waals surface area (Å²) in [5.41, 5.74) is -0.421. The number of nitrogens with one attached hydrogen (secondary N) is 1. The molecule has 1 N–H and O–H groups in total. The van der Waals surface area contributed by atoms with Gasteiger partial charge in [-0.2, -0.15) is 10.5 Å². The SMILES string of the molecule is N#Cc1ccc(NS(=O)(=O)CC2(C#N)CCCC2)nc1. The summed E-state index contributed by atoms with van der Waals surface area (Å²) in [6.07, 6.45) is 4.31. The molecule has 0 atom stereocenters. The second kappa shape index (κ2) is 5.48. The molecular weight excluding hydrogens is 276 g/mol. The minimum Gasteiger partial charge on any atom is -0.267 e. The zero-order valence-corrected chi connectivity index (χ0v) is 11.7. The van der Waals surface area contributed by atoms with Crippen LogP contribution in [0.15, 0.2) is 18.3 Å². The summed E-state index contributed by atoms with van der Waals surface area (Å²) in [5.74, 6) is -0.0480. The van der Waals surface area contributed by atoms with E-state index in [0.29, 0.717) is 18.4 Å². The van der Waals surface area contributed by atoms with Crippen molar-refractivity contribution in [3.05, 3.63) is 23.9 Å². The van der Waals surface area contributed by atoms with Gasteiger partial charge in [0.1, 0.15) is 11.9 Å². The first kappa shape index (κ1) is 14.3. The van der Waals surface area contributed by atoms with Gasteiger partial charge in [0.2, 0.25) is 10.0 Å². The van der Waals surface area contributed by atoms with Crippen molar-refractivity contribution >= 4 is 15.8 Å². The summed E-state index contributed by atoms with van der Waals surface area (Å²) in [6.45, 7) is 0. The van der Waals surface area contributed by atoms with Gasteiger partial charge in [-0.3, -0.25) is 4.72 Å². The van der Waals surface area contributed by atoms with E-state index in [2.05, 4.69) is 15.8 Å². The van der Waals surface area contributed by atoms with E-state index < -0.39 is 15.4 Å². The van der Waals surface area contributed by atoms with Crippen molar-refractivity contribution < 1.29 is 8.42 Å². The van der Waals surface area contributed by atoms with Crippen molar-refractivity contribution in [2.24, 2.45) is 5.41 Å².